The van der Waals surface area contributed by atoms with Crippen molar-refractivity contribution in [1.82, 2.24) is 9.88 Å². The van der Waals surface area contributed by atoms with Crippen LogP contribution < -0.4 is 4.90 Å². The van der Waals surface area contributed by atoms with Crippen LogP contribution in [0.4, 0.5) is 17.2 Å². The molecule has 1 aromatic heterocycles. The molecule has 0 atom stereocenters. The van der Waals surface area contributed by atoms with E-state index in [-0.39, 0.29) is 23.7 Å². The monoisotopic (exact) mass is 371 g/mol. The average molecular weight is 371 g/mol. The summed E-state index contributed by atoms with van der Waals surface area (Å²) >= 11 is 0. The number of carbonyl (C=O) groups is 1. The maximum atomic E-state index is 12.5. The van der Waals surface area contributed by atoms with Crippen LogP contribution >= 0.6 is 0 Å². The summed E-state index contributed by atoms with van der Waals surface area (Å²) in [6.45, 7) is 1.98. The van der Waals surface area contributed by atoms with Crippen LogP contribution in [0.5, 0.6) is 0 Å². The first kappa shape index (κ1) is 18.2. The topological polar surface area (TPSA) is 123 Å². The standard InChI is InChI=1S/C17H17N5O5/c23-17(11-13-3-1-2-4-15(13)22(26)27)20-9-7-19(8-10-20)16-6-5-14(12-18-16)21(24)25/h1-6,12H,7-11H2. The Kier molecular flexibility index (Phi) is 5.25. The number of pyridine rings is 1. The number of nitro groups is 2. The van der Waals surface area contributed by atoms with E-state index in [0.29, 0.717) is 37.6 Å². The number of carbonyl (C=O) groups excluding carboxylic acids is 1. The highest BCUT2D eigenvalue weighted by atomic mass is 16.6. The predicted octanol–water partition coefficient (Wildman–Crippen LogP) is 1.79. The van der Waals surface area contributed by atoms with Crippen LogP contribution in [0.1, 0.15) is 5.56 Å². The molecule has 3 rings (SSSR count). The molecule has 0 bridgehead atoms. The molecular formula is C17H17N5O5. The third-order valence-corrected chi connectivity index (χ3v) is 4.43. The maximum absolute atomic E-state index is 12.5. The summed E-state index contributed by atoms with van der Waals surface area (Å²) in [5, 5.41) is 21.8. The molecule has 10 heteroatoms. The summed E-state index contributed by atoms with van der Waals surface area (Å²) in [4.78, 5) is 41.0. The van der Waals surface area contributed by atoms with E-state index in [9.17, 15) is 25.0 Å². The van der Waals surface area contributed by atoms with Crippen LogP contribution in [0.15, 0.2) is 42.6 Å². The van der Waals surface area contributed by atoms with Gasteiger partial charge in [0.1, 0.15) is 12.0 Å². The lowest BCUT2D eigenvalue weighted by molar-refractivity contribution is -0.385. The Hall–Kier alpha value is -3.56. The summed E-state index contributed by atoms with van der Waals surface area (Å²) in [6, 6.07) is 9.21. The first-order valence-electron chi connectivity index (χ1n) is 8.31. The summed E-state index contributed by atoms with van der Waals surface area (Å²) in [7, 11) is 0. The van der Waals surface area contributed by atoms with Crippen LogP contribution in [0, 0.1) is 20.2 Å². The second kappa shape index (κ2) is 7.77. The van der Waals surface area contributed by atoms with E-state index in [0.717, 1.165) is 0 Å². The van der Waals surface area contributed by atoms with E-state index in [1.807, 2.05) is 4.90 Å². The highest BCUT2D eigenvalue weighted by molar-refractivity contribution is 5.80. The highest BCUT2D eigenvalue weighted by Gasteiger charge is 2.24. The Morgan fingerprint density at radius 2 is 1.70 bits per heavy atom. The van der Waals surface area contributed by atoms with Crippen molar-refractivity contribution in [2.24, 2.45) is 0 Å². The number of hydrogen-bond acceptors (Lipinski definition) is 7. The number of anilines is 1. The van der Waals surface area contributed by atoms with Gasteiger partial charge in [-0.1, -0.05) is 18.2 Å². The quantitative estimate of drug-likeness (QED) is 0.580. The van der Waals surface area contributed by atoms with Gasteiger partial charge in [0.15, 0.2) is 0 Å². The van der Waals surface area contributed by atoms with Gasteiger partial charge in [-0.25, -0.2) is 4.98 Å². The minimum atomic E-state index is -0.504. The number of para-hydroxylation sites is 1. The Balaban J connectivity index is 1.60. The third-order valence-electron chi connectivity index (χ3n) is 4.43. The zero-order chi connectivity index (χ0) is 19.4. The van der Waals surface area contributed by atoms with Crippen molar-refractivity contribution in [2.75, 3.05) is 31.1 Å². The van der Waals surface area contributed by atoms with Crippen LogP contribution in [0.25, 0.3) is 0 Å². The molecule has 0 saturated carbocycles. The van der Waals surface area contributed by atoms with E-state index < -0.39 is 9.85 Å². The number of hydrogen-bond donors (Lipinski definition) is 0. The van der Waals surface area contributed by atoms with Crippen LogP contribution in [-0.2, 0) is 11.2 Å². The molecule has 2 aromatic rings. The molecule has 1 aliphatic rings. The highest BCUT2D eigenvalue weighted by Crippen LogP contribution is 2.20. The Labute approximate surface area is 154 Å². The lowest BCUT2D eigenvalue weighted by atomic mass is 10.1. The number of nitro benzene ring substituents is 1. The molecular weight excluding hydrogens is 354 g/mol. The van der Waals surface area contributed by atoms with Crippen molar-refractivity contribution in [1.29, 1.82) is 0 Å². The molecule has 27 heavy (non-hydrogen) atoms. The number of benzene rings is 1. The largest absolute Gasteiger partial charge is 0.353 e. The number of rotatable bonds is 5. The second-order valence-corrected chi connectivity index (χ2v) is 6.06. The maximum Gasteiger partial charge on any atom is 0.287 e. The number of nitrogens with zero attached hydrogens (tertiary/aromatic N) is 5. The first-order valence-corrected chi connectivity index (χ1v) is 8.31. The Bertz CT molecular complexity index is 862. The van der Waals surface area contributed by atoms with E-state index in [1.165, 1.54) is 18.3 Å². The van der Waals surface area contributed by atoms with Gasteiger partial charge in [0, 0.05) is 43.9 Å². The van der Waals surface area contributed by atoms with E-state index in [4.69, 9.17) is 0 Å². The molecule has 0 unspecified atom stereocenters. The lowest BCUT2D eigenvalue weighted by Gasteiger charge is -2.35. The number of amides is 1. The fraction of sp³-hybridized carbons (Fsp3) is 0.294. The molecule has 1 fully saturated rings. The molecule has 1 amide bonds. The molecule has 1 aromatic carbocycles. The third kappa shape index (κ3) is 4.17. The van der Waals surface area contributed by atoms with Gasteiger partial charge in [-0.2, -0.15) is 0 Å². The summed E-state index contributed by atoms with van der Waals surface area (Å²) in [5.41, 5.74) is 0.267. The zero-order valence-corrected chi connectivity index (χ0v) is 14.4. The van der Waals surface area contributed by atoms with Crippen LogP contribution in [0.3, 0.4) is 0 Å². The van der Waals surface area contributed by atoms with Crippen molar-refractivity contribution in [3.63, 3.8) is 0 Å². The first-order chi connectivity index (χ1) is 13.0. The minimum absolute atomic E-state index is 0.0209. The SMILES string of the molecule is O=C(Cc1ccccc1[N+](=O)[O-])N1CCN(c2ccc([N+](=O)[O-])cn2)CC1. The molecule has 0 radical (unpaired) electrons. The van der Waals surface area contributed by atoms with Gasteiger partial charge in [0.05, 0.1) is 16.3 Å². The van der Waals surface area contributed by atoms with E-state index >= 15 is 0 Å². The normalized spacial score (nSPS) is 14.1. The van der Waals surface area contributed by atoms with Crippen molar-refractivity contribution < 1.29 is 14.6 Å². The van der Waals surface area contributed by atoms with Gasteiger partial charge in [0.2, 0.25) is 5.91 Å². The van der Waals surface area contributed by atoms with Gasteiger partial charge < -0.3 is 9.80 Å². The summed E-state index contributed by atoms with van der Waals surface area (Å²) in [5.74, 6) is 0.451. The Morgan fingerprint density at radius 1 is 1.00 bits per heavy atom. The average Bonchev–Trinajstić information content (AvgIpc) is 2.68. The second-order valence-electron chi connectivity index (χ2n) is 6.06. The molecule has 1 saturated heterocycles. The van der Waals surface area contributed by atoms with Crippen LogP contribution in [-0.4, -0.2) is 51.8 Å². The predicted molar refractivity (Wildman–Crippen MR) is 96.5 cm³/mol. The van der Waals surface area contributed by atoms with Crippen molar-refractivity contribution in [3.05, 3.63) is 68.4 Å². The van der Waals surface area contributed by atoms with E-state index in [2.05, 4.69) is 4.98 Å². The van der Waals surface area contributed by atoms with Gasteiger partial charge in [-0.15, -0.1) is 0 Å². The van der Waals surface area contributed by atoms with Gasteiger partial charge in [-0.3, -0.25) is 25.0 Å². The molecule has 0 N–H and O–H groups in total. The summed E-state index contributed by atoms with van der Waals surface area (Å²) in [6.07, 6.45) is 1.19. The molecule has 2 heterocycles. The lowest BCUT2D eigenvalue weighted by Crippen LogP contribution is -2.49. The molecule has 0 aliphatic carbocycles. The number of aromatic nitrogens is 1. The van der Waals surface area contributed by atoms with E-state index in [1.54, 1.807) is 29.2 Å². The molecule has 10 nitrogen and oxygen atoms in total. The van der Waals surface area contributed by atoms with Gasteiger partial charge in [0.25, 0.3) is 11.4 Å². The van der Waals surface area contributed by atoms with Crippen molar-refractivity contribution >= 4 is 23.1 Å². The van der Waals surface area contributed by atoms with Gasteiger partial charge >= 0.3 is 0 Å². The fourth-order valence-electron chi connectivity index (χ4n) is 2.97. The van der Waals surface area contributed by atoms with Crippen molar-refractivity contribution in [2.45, 2.75) is 6.42 Å². The Morgan fingerprint density at radius 3 is 2.30 bits per heavy atom. The summed E-state index contributed by atoms with van der Waals surface area (Å²) < 4.78 is 0. The fourth-order valence-corrected chi connectivity index (χ4v) is 2.97. The smallest absolute Gasteiger partial charge is 0.287 e. The molecule has 140 valence electrons. The van der Waals surface area contributed by atoms with Gasteiger partial charge in [-0.05, 0) is 6.07 Å². The minimum Gasteiger partial charge on any atom is -0.353 e. The molecule has 1 aliphatic heterocycles. The van der Waals surface area contributed by atoms with Crippen LogP contribution in [0.2, 0.25) is 0 Å². The zero-order valence-electron chi connectivity index (χ0n) is 14.4. The number of piperazine rings is 1. The van der Waals surface area contributed by atoms with Crippen molar-refractivity contribution in [3.8, 4) is 0 Å². The molecule has 0 spiro atoms.